The fourth-order valence-corrected chi connectivity index (χ4v) is 2.84. The van der Waals surface area contributed by atoms with Crippen LogP contribution >= 0.6 is 23.2 Å². The van der Waals surface area contributed by atoms with Crippen LogP contribution in [-0.4, -0.2) is 31.0 Å². The number of halogens is 2. The van der Waals surface area contributed by atoms with E-state index >= 15 is 0 Å². The summed E-state index contributed by atoms with van der Waals surface area (Å²) in [4.78, 5) is 23.4. The molecule has 1 amide bonds. The minimum Gasteiger partial charge on any atom is -0.544 e. The van der Waals surface area contributed by atoms with Crippen LogP contribution in [0.3, 0.4) is 0 Å². The molecular weight excluding hydrogens is 389 g/mol. The zero-order valence-electron chi connectivity index (χ0n) is 14.7. The molecule has 144 valence electrons. The Bertz CT molecular complexity index is 772. The van der Waals surface area contributed by atoms with E-state index in [2.05, 4.69) is 10.6 Å². The highest BCUT2D eigenvalue weighted by atomic mass is 35.5. The summed E-state index contributed by atoms with van der Waals surface area (Å²) in [5, 5.41) is 18.3. The van der Waals surface area contributed by atoms with Crippen molar-refractivity contribution in [3.63, 3.8) is 0 Å². The number of benzene rings is 2. The van der Waals surface area contributed by atoms with Gasteiger partial charge >= 0.3 is 0 Å². The van der Waals surface area contributed by atoms with E-state index in [1.807, 2.05) is 30.3 Å². The summed E-state index contributed by atoms with van der Waals surface area (Å²) < 4.78 is 0. The van der Waals surface area contributed by atoms with E-state index in [0.29, 0.717) is 22.3 Å². The van der Waals surface area contributed by atoms with Gasteiger partial charge in [-0.3, -0.25) is 4.79 Å². The molecule has 2 rings (SSSR count). The van der Waals surface area contributed by atoms with E-state index in [4.69, 9.17) is 23.2 Å². The van der Waals surface area contributed by atoms with Crippen LogP contribution in [0.4, 0.5) is 5.69 Å². The Hall–Kier alpha value is -2.12. The first-order valence-electron chi connectivity index (χ1n) is 8.60. The van der Waals surface area contributed by atoms with Crippen LogP contribution < -0.4 is 21.1 Å². The Labute approximate surface area is 167 Å². The molecule has 5 N–H and O–H groups in total. The molecule has 0 aliphatic rings. The van der Waals surface area contributed by atoms with Crippen LogP contribution in [0, 0.1) is 0 Å². The summed E-state index contributed by atoms with van der Waals surface area (Å²) in [7, 11) is 0. The largest absolute Gasteiger partial charge is 0.544 e. The molecule has 1 atom stereocenters. The first-order chi connectivity index (χ1) is 13.0. The summed E-state index contributed by atoms with van der Waals surface area (Å²) in [6.45, 7) is 2.11. The van der Waals surface area contributed by atoms with Gasteiger partial charge in [-0.15, -0.1) is 0 Å². The summed E-state index contributed by atoms with van der Waals surface area (Å²) in [6.07, 6.45) is -0.193. The minimum atomic E-state index is -1.26. The van der Waals surface area contributed by atoms with Crippen LogP contribution in [0.5, 0.6) is 0 Å². The number of nitrogens with one attached hydrogen (secondary N) is 1. The third-order valence-corrected chi connectivity index (χ3v) is 4.70. The van der Waals surface area contributed by atoms with Gasteiger partial charge in [0.25, 0.3) is 0 Å². The summed E-state index contributed by atoms with van der Waals surface area (Å²) >= 11 is 11.7. The highest BCUT2D eigenvalue weighted by Gasteiger charge is 2.18. The van der Waals surface area contributed by atoms with Crippen molar-refractivity contribution in [2.75, 3.05) is 18.4 Å². The van der Waals surface area contributed by atoms with E-state index < -0.39 is 17.9 Å². The molecule has 6 nitrogen and oxygen atoms in total. The number of carboxylic acid groups (broad SMARTS) is 1. The first-order valence-corrected chi connectivity index (χ1v) is 9.36. The molecule has 27 heavy (non-hydrogen) atoms. The third kappa shape index (κ3) is 7.56. The Morgan fingerprint density at radius 2 is 1.78 bits per heavy atom. The molecule has 0 aromatic heterocycles. The quantitative estimate of drug-likeness (QED) is 0.471. The fourth-order valence-electron chi connectivity index (χ4n) is 2.55. The number of hydrogen-bond donors (Lipinski definition) is 3. The molecule has 0 aliphatic carbocycles. The molecule has 0 saturated heterocycles. The number of quaternary nitrogens is 2. The van der Waals surface area contributed by atoms with E-state index in [1.54, 1.807) is 17.4 Å². The number of hydrogen-bond acceptors (Lipinski definition) is 3. The van der Waals surface area contributed by atoms with Crippen LogP contribution in [0.15, 0.2) is 48.5 Å². The fraction of sp³-hybridized carbons (Fsp3) is 0.263. The van der Waals surface area contributed by atoms with Gasteiger partial charge in [-0.05, 0) is 18.2 Å². The van der Waals surface area contributed by atoms with Crippen molar-refractivity contribution in [1.29, 1.82) is 0 Å². The minimum absolute atomic E-state index is 0.193. The second kappa shape index (κ2) is 10.9. The maximum Gasteiger partial charge on any atom is 0.230 e. The number of rotatable bonds is 10. The van der Waals surface area contributed by atoms with Gasteiger partial charge in [0.2, 0.25) is 5.91 Å². The third-order valence-electron chi connectivity index (χ3n) is 3.96. The second-order valence-corrected chi connectivity index (χ2v) is 6.91. The van der Waals surface area contributed by atoms with Gasteiger partial charge in [0, 0.05) is 11.3 Å². The molecular formula is C19H22Cl2N3O3+. The lowest BCUT2D eigenvalue weighted by Crippen LogP contribution is -2.99. The lowest BCUT2D eigenvalue weighted by atomic mass is 10.2. The van der Waals surface area contributed by atoms with E-state index in [0.717, 1.165) is 13.1 Å². The zero-order chi connectivity index (χ0) is 19.6. The Kier molecular flexibility index (Phi) is 8.54. The highest BCUT2D eigenvalue weighted by molar-refractivity contribution is 6.42. The molecule has 0 fully saturated rings. The maximum absolute atomic E-state index is 12.1. The number of carbonyl (C=O) groups is 2. The molecule has 0 aliphatic heterocycles. The Morgan fingerprint density at radius 1 is 1.04 bits per heavy atom. The van der Waals surface area contributed by atoms with E-state index in [-0.39, 0.29) is 6.42 Å². The van der Waals surface area contributed by atoms with Crippen molar-refractivity contribution in [3.8, 4) is 0 Å². The lowest BCUT2D eigenvalue weighted by Gasteiger charge is -2.16. The molecule has 0 unspecified atom stereocenters. The van der Waals surface area contributed by atoms with Crippen molar-refractivity contribution in [2.24, 2.45) is 0 Å². The topological polar surface area (TPSA) is 102 Å². The van der Waals surface area contributed by atoms with Crippen LogP contribution in [0.25, 0.3) is 0 Å². The van der Waals surface area contributed by atoms with Gasteiger partial charge in [0.15, 0.2) is 0 Å². The number of carbonyl (C=O) groups excluding carboxylic acids is 2. The Morgan fingerprint density at radius 3 is 2.44 bits per heavy atom. The highest BCUT2D eigenvalue weighted by Crippen LogP contribution is 2.25. The average Bonchev–Trinajstić information content (AvgIpc) is 2.64. The van der Waals surface area contributed by atoms with Crippen LogP contribution in [-0.2, 0) is 16.1 Å². The smallest absolute Gasteiger partial charge is 0.230 e. The average molecular weight is 411 g/mol. The van der Waals surface area contributed by atoms with E-state index in [9.17, 15) is 14.7 Å². The lowest BCUT2D eigenvalue weighted by molar-refractivity contribution is -0.742. The molecule has 0 bridgehead atoms. The van der Waals surface area contributed by atoms with Gasteiger partial charge in [-0.1, -0.05) is 53.5 Å². The SMILES string of the molecule is O=C(C[C@@H]([NH2+]CC[NH2+]Cc1ccccc1)C(=O)[O-])Nc1ccc(Cl)c(Cl)c1. The predicted molar refractivity (Wildman–Crippen MR) is 102 cm³/mol. The molecule has 2 aromatic rings. The van der Waals surface area contributed by atoms with Gasteiger partial charge in [-0.25, -0.2) is 0 Å². The molecule has 2 aromatic carbocycles. The first kappa shape index (κ1) is 21.2. The van der Waals surface area contributed by atoms with Crippen molar-refractivity contribution < 1.29 is 25.3 Å². The zero-order valence-corrected chi connectivity index (χ0v) is 16.2. The van der Waals surface area contributed by atoms with Crippen molar-refractivity contribution in [2.45, 2.75) is 19.0 Å². The number of carboxylic acids is 1. The molecule has 0 spiro atoms. The number of nitrogens with two attached hydrogens (primary N) is 2. The van der Waals surface area contributed by atoms with Gasteiger partial charge in [0.05, 0.1) is 22.4 Å². The van der Waals surface area contributed by atoms with Crippen molar-refractivity contribution >= 4 is 40.8 Å². The summed E-state index contributed by atoms with van der Waals surface area (Å²) in [5.41, 5.74) is 1.66. The molecule has 0 heterocycles. The standard InChI is InChI=1S/C19H21Cl2N3O3/c20-15-7-6-14(10-16(15)21)24-18(25)11-17(19(26)27)23-9-8-22-12-13-4-2-1-3-5-13/h1-7,10,17,22-23H,8-9,11-12H2,(H,24,25)(H,26,27)/p+1/t17-/m1/s1. The summed E-state index contributed by atoms with van der Waals surface area (Å²) in [6, 6.07) is 13.7. The predicted octanol–water partition coefficient (Wildman–Crippen LogP) is -0.232. The number of amides is 1. The number of aliphatic carboxylic acids is 1. The van der Waals surface area contributed by atoms with Gasteiger partial charge in [0.1, 0.15) is 25.7 Å². The second-order valence-electron chi connectivity index (χ2n) is 6.10. The van der Waals surface area contributed by atoms with Crippen LogP contribution in [0.2, 0.25) is 10.0 Å². The van der Waals surface area contributed by atoms with Crippen LogP contribution in [0.1, 0.15) is 12.0 Å². The maximum atomic E-state index is 12.1. The monoisotopic (exact) mass is 410 g/mol. The number of anilines is 1. The molecule has 0 saturated carbocycles. The summed E-state index contributed by atoms with van der Waals surface area (Å²) in [5.74, 6) is -1.69. The van der Waals surface area contributed by atoms with Gasteiger partial charge in [-0.2, -0.15) is 0 Å². The Balaban J connectivity index is 1.74. The normalized spacial score (nSPS) is 11.8. The van der Waals surface area contributed by atoms with Crippen molar-refractivity contribution in [1.82, 2.24) is 0 Å². The van der Waals surface area contributed by atoms with Crippen molar-refractivity contribution in [3.05, 3.63) is 64.1 Å². The molecule has 0 radical (unpaired) electrons. The van der Waals surface area contributed by atoms with Gasteiger partial charge < -0.3 is 25.9 Å². The molecule has 8 heteroatoms. The van der Waals surface area contributed by atoms with E-state index in [1.165, 1.54) is 11.6 Å².